The van der Waals surface area contributed by atoms with Crippen LogP contribution in [0, 0.1) is 5.41 Å². The molecule has 0 spiro atoms. The number of ether oxygens (including phenoxy) is 4. The average Bonchev–Trinajstić information content (AvgIpc) is 2.87. The summed E-state index contributed by atoms with van der Waals surface area (Å²) in [7, 11) is 7.00. The van der Waals surface area contributed by atoms with E-state index in [2.05, 4.69) is 18.0 Å². The van der Waals surface area contributed by atoms with Gasteiger partial charge in [0.05, 0.1) is 21.3 Å². The van der Waals surface area contributed by atoms with Crippen molar-refractivity contribution in [1.29, 1.82) is 5.41 Å². The zero-order valence-electron chi connectivity index (χ0n) is 19.8. The lowest BCUT2D eigenvalue weighted by atomic mass is 10.0. The van der Waals surface area contributed by atoms with E-state index >= 15 is 0 Å². The fourth-order valence-electron chi connectivity index (χ4n) is 3.61. The zero-order valence-corrected chi connectivity index (χ0v) is 19.8. The lowest BCUT2D eigenvalue weighted by molar-refractivity contribution is 0.232. The number of methoxy groups -OCH3 is 3. The molecular formula is C27H32N2O4. The van der Waals surface area contributed by atoms with Crippen LogP contribution in [0.3, 0.4) is 0 Å². The van der Waals surface area contributed by atoms with Crippen LogP contribution in [-0.4, -0.2) is 59.2 Å². The molecule has 0 aromatic heterocycles. The highest BCUT2D eigenvalue weighted by Gasteiger charge is 2.15. The van der Waals surface area contributed by atoms with Crippen LogP contribution in [0.4, 0.5) is 0 Å². The van der Waals surface area contributed by atoms with E-state index < -0.39 is 0 Å². The van der Waals surface area contributed by atoms with Crippen LogP contribution in [-0.2, 0) is 6.42 Å². The van der Waals surface area contributed by atoms with Gasteiger partial charge in [-0.1, -0.05) is 36.4 Å². The van der Waals surface area contributed by atoms with E-state index in [0.29, 0.717) is 18.1 Å². The minimum atomic E-state index is 0.516. The van der Waals surface area contributed by atoms with Crippen LogP contribution in [0.2, 0.25) is 0 Å². The summed E-state index contributed by atoms with van der Waals surface area (Å²) in [4.78, 5) is 2.23. The molecule has 3 rings (SSSR count). The van der Waals surface area contributed by atoms with Crippen molar-refractivity contribution < 1.29 is 18.9 Å². The fourth-order valence-corrected chi connectivity index (χ4v) is 3.61. The molecule has 174 valence electrons. The summed E-state index contributed by atoms with van der Waals surface area (Å²) in [6.07, 6.45) is 2.21. The van der Waals surface area contributed by atoms with Crippen LogP contribution < -0.4 is 18.9 Å². The second-order valence-electron chi connectivity index (χ2n) is 7.70. The summed E-state index contributed by atoms with van der Waals surface area (Å²) in [5.74, 6) is 2.81. The van der Waals surface area contributed by atoms with E-state index in [1.807, 2.05) is 54.6 Å². The molecule has 0 bridgehead atoms. The quantitative estimate of drug-likeness (QED) is 0.398. The van der Waals surface area contributed by atoms with Crippen LogP contribution in [0.25, 0.3) is 11.1 Å². The molecule has 33 heavy (non-hydrogen) atoms. The maximum atomic E-state index is 7.66. The molecular weight excluding hydrogens is 416 g/mol. The Morgan fingerprint density at radius 3 is 2.21 bits per heavy atom. The maximum absolute atomic E-state index is 7.66. The van der Waals surface area contributed by atoms with E-state index in [1.54, 1.807) is 21.3 Å². The molecule has 0 saturated heterocycles. The van der Waals surface area contributed by atoms with Crippen molar-refractivity contribution >= 4 is 6.21 Å². The number of hydrogen-bond acceptors (Lipinski definition) is 6. The van der Waals surface area contributed by atoms with Gasteiger partial charge in [-0.2, -0.15) is 0 Å². The predicted molar refractivity (Wildman–Crippen MR) is 133 cm³/mol. The third kappa shape index (κ3) is 6.26. The summed E-state index contributed by atoms with van der Waals surface area (Å²) in [6, 6.07) is 19.8. The number of nitrogens with zero attached hydrogens (tertiary/aromatic N) is 1. The number of likely N-dealkylation sites (N-methyl/N-ethyl adjacent to an activating group) is 1. The van der Waals surface area contributed by atoms with Gasteiger partial charge in [0.15, 0.2) is 23.0 Å². The minimum Gasteiger partial charge on any atom is -0.493 e. The van der Waals surface area contributed by atoms with Crippen LogP contribution in [0.15, 0.2) is 60.7 Å². The Morgan fingerprint density at radius 2 is 1.55 bits per heavy atom. The standard InChI is InChI=1S/C27H32N2O4/c1-29(13-12-20-10-11-24(30-2)25(17-20)31-3)14-15-33-27-23(22-8-6-5-7-9-22)16-21(19-28)18-26(27)32-4/h5-11,16-19,28H,12-15H2,1-4H3. The molecule has 0 aliphatic rings. The fraction of sp³-hybridized carbons (Fsp3) is 0.296. The molecule has 0 radical (unpaired) electrons. The molecule has 0 saturated carbocycles. The lowest BCUT2D eigenvalue weighted by Gasteiger charge is -2.20. The van der Waals surface area contributed by atoms with Gasteiger partial charge in [-0.3, -0.25) is 0 Å². The van der Waals surface area contributed by atoms with Gasteiger partial charge >= 0.3 is 0 Å². The first-order valence-corrected chi connectivity index (χ1v) is 10.9. The highest BCUT2D eigenvalue weighted by Crippen LogP contribution is 2.39. The topological polar surface area (TPSA) is 64.0 Å². The second kappa shape index (κ2) is 11.9. The van der Waals surface area contributed by atoms with Crippen molar-refractivity contribution in [1.82, 2.24) is 4.90 Å². The van der Waals surface area contributed by atoms with E-state index in [0.717, 1.165) is 47.7 Å². The van der Waals surface area contributed by atoms with Crippen LogP contribution >= 0.6 is 0 Å². The van der Waals surface area contributed by atoms with Crippen molar-refractivity contribution in [2.75, 3.05) is 48.1 Å². The summed E-state index contributed by atoms with van der Waals surface area (Å²) in [6.45, 7) is 2.16. The first kappa shape index (κ1) is 24.1. The Bertz CT molecular complexity index is 1050. The van der Waals surface area contributed by atoms with Crippen LogP contribution in [0.1, 0.15) is 11.1 Å². The van der Waals surface area contributed by atoms with Crippen molar-refractivity contribution in [3.8, 4) is 34.1 Å². The predicted octanol–water partition coefficient (Wildman–Crippen LogP) is 4.93. The molecule has 0 aliphatic heterocycles. The number of nitrogens with one attached hydrogen (secondary N) is 1. The van der Waals surface area contributed by atoms with Gasteiger partial charge in [-0.05, 0) is 54.4 Å². The summed E-state index contributed by atoms with van der Waals surface area (Å²) < 4.78 is 22.5. The Kier molecular flexibility index (Phi) is 8.72. The molecule has 6 heteroatoms. The Labute approximate surface area is 196 Å². The Morgan fingerprint density at radius 1 is 0.818 bits per heavy atom. The van der Waals surface area contributed by atoms with Gasteiger partial charge < -0.3 is 29.3 Å². The summed E-state index contributed by atoms with van der Waals surface area (Å²) in [5, 5.41) is 7.66. The molecule has 0 atom stereocenters. The van der Waals surface area contributed by atoms with Gasteiger partial charge in [0.1, 0.15) is 6.61 Å². The average molecular weight is 449 g/mol. The number of hydrogen-bond donors (Lipinski definition) is 1. The molecule has 0 amide bonds. The van der Waals surface area contributed by atoms with Crippen LogP contribution in [0.5, 0.6) is 23.0 Å². The molecule has 3 aromatic rings. The van der Waals surface area contributed by atoms with E-state index in [1.165, 1.54) is 11.8 Å². The van der Waals surface area contributed by atoms with Gasteiger partial charge in [-0.25, -0.2) is 0 Å². The first-order valence-electron chi connectivity index (χ1n) is 10.9. The smallest absolute Gasteiger partial charge is 0.169 e. The first-order chi connectivity index (χ1) is 16.1. The molecule has 0 unspecified atom stereocenters. The Balaban J connectivity index is 1.64. The van der Waals surface area contributed by atoms with Gasteiger partial charge in [0.25, 0.3) is 0 Å². The van der Waals surface area contributed by atoms with Gasteiger partial charge in [-0.15, -0.1) is 0 Å². The summed E-state index contributed by atoms with van der Waals surface area (Å²) in [5.41, 5.74) is 3.90. The third-order valence-corrected chi connectivity index (χ3v) is 5.50. The van der Waals surface area contributed by atoms with Gasteiger partial charge in [0.2, 0.25) is 0 Å². The molecule has 0 fully saturated rings. The third-order valence-electron chi connectivity index (χ3n) is 5.50. The monoisotopic (exact) mass is 448 g/mol. The van der Waals surface area contributed by atoms with Crippen molar-refractivity contribution in [2.45, 2.75) is 6.42 Å². The number of benzene rings is 3. The largest absolute Gasteiger partial charge is 0.493 e. The van der Waals surface area contributed by atoms with Crippen molar-refractivity contribution in [2.24, 2.45) is 0 Å². The van der Waals surface area contributed by atoms with E-state index in [9.17, 15) is 0 Å². The van der Waals surface area contributed by atoms with Crippen molar-refractivity contribution in [3.63, 3.8) is 0 Å². The molecule has 0 heterocycles. The lowest BCUT2D eigenvalue weighted by Crippen LogP contribution is -2.26. The SMILES string of the molecule is COc1ccc(CCN(C)CCOc2c(OC)cc(C=N)cc2-c2ccccc2)cc1OC. The summed E-state index contributed by atoms with van der Waals surface area (Å²) >= 11 is 0. The molecule has 3 aromatic carbocycles. The number of rotatable bonds is 12. The van der Waals surface area contributed by atoms with E-state index in [-0.39, 0.29) is 0 Å². The Hall–Kier alpha value is -3.51. The van der Waals surface area contributed by atoms with E-state index in [4.69, 9.17) is 24.4 Å². The highest BCUT2D eigenvalue weighted by molar-refractivity contribution is 5.85. The minimum absolute atomic E-state index is 0.516. The maximum Gasteiger partial charge on any atom is 0.169 e. The molecule has 1 N–H and O–H groups in total. The van der Waals surface area contributed by atoms with Gasteiger partial charge in [0, 0.05) is 24.9 Å². The second-order valence-corrected chi connectivity index (χ2v) is 7.70. The zero-order chi connectivity index (χ0) is 23.6. The molecule has 6 nitrogen and oxygen atoms in total. The highest BCUT2D eigenvalue weighted by atomic mass is 16.5. The normalized spacial score (nSPS) is 10.7. The molecule has 0 aliphatic carbocycles. The van der Waals surface area contributed by atoms with Crippen molar-refractivity contribution in [3.05, 3.63) is 71.8 Å².